The van der Waals surface area contributed by atoms with Crippen LogP contribution in [0.15, 0.2) is 16.8 Å². The summed E-state index contributed by atoms with van der Waals surface area (Å²) in [6.07, 6.45) is 1.85. The second-order valence-corrected chi connectivity index (χ2v) is 5.44. The molecule has 1 aromatic heterocycles. The van der Waals surface area contributed by atoms with Gasteiger partial charge in [0, 0.05) is 30.0 Å². The van der Waals surface area contributed by atoms with Gasteiger partial charge >= 0.3 is 5.97 Å². The normalized spacial score (nSPS) is 13.8. The minimum atomic E-state index is -1.01. The summed E-state index contributed by atoms with van der Waals surface area (Å²) in [4.78, 5) is 35.7. The van der Waals surface area contributed by atoms with E-state index >= 15 is 0 Å². The quantitative estimate of drug-likeness (QED) is 0.784. The van der Waals surface area contributed by atoms with E-state index in [-0.39, 0.29) is 37.4 Å². The molecule has 20 heavy (non-hydrogen) atoms. The Balaban J connectivity index is 1.76. The molecule has 0 aromatic carbocycles. The molecule has 0 radical (unpaired) electrons. The van der Waals surface area contributed by atoms with Gasteiger partial charge in [0.05, 0.1) is 0 Å². The smallest absolute Gasteiger partial charge is 0.323 e. The molecule has 1 saturated carbocycles. The van der Waals surface area contributed by atoms with Gasteiger partial charge in [-0.25, -0.2) is 0 Å². The van der Waals surface area contributed by atoms with Crippen molar-refractivity contribution in [1.29, 1.82) is 0 Å². The maximum atomic E-state index is 11.9. The maximum Gasteiger partial charge on any atom is 0.323 e. The van der Waals surface area contributed by atoms with Crippen molar-refractivity contribution in [3.8, 4) is 0 Å². The zero-order valence-electron chi connectivity index (χ0n) is 10.9. The van der Waals surface area contributed by atoms with Gasteiger partial charge in [-0.15, -0.1) is 0 Å². The number of hydrogen-bond acceptors (Lipinski definition) is 4. The average molecular weight is 296 g/mol. The second-order valence-electron chi connectivity index (χ2n) is 4.66. The third-order valence-electron chi connectivity index (χ3n) is 3.02. The van der Waals surface area contributed by atoms with Crippen LogP contribution in [0.5, 0.6) is 0 Å². The van der Waals surface area contributed by atoms with Crippen molar-refractivity contribution in [3.05, 3.63) is 22.4 Å². The molecule has 1 heterocycles. The summed E-state index contributed by atoms with van der Waals surface area (Å²) in [5.41, 5.74) is 0.576. The zero-order valence-corrected chi connectivity index (χ0v) is 11.7. The molecule has 2 amide bonds. The van der Waals surface area contributed by atoms with Crippen LogP contribution in [0.25, 0.3) is 0 Å². The van der Waals surface area contributed by atoms with E-state index in [9.17, 15) is 14.4 Å². The van der Waals surface area contributed by atoms with Crippen LogP contribution < -0.4 is 5.32 Å². The Morgan fingerprint density at radius 3 is 2.70 bits per heavy atom. The number of hydrogen-bond donors (Lipinski definition) is 2. The zero-order chi connectivity index (χ0) is 14.5. The minimum Gasteiger partial charge on any atom is -0.480 e. The Morgan fingerprint density at radius 2 is 2.15 bits per heavy atom. The summed E-state index contributed by atoms with van der Waals surface area (Å²) in [5, 5.41) is 15.0. The largest absolute Gasteiger partial charge is 0.480 e. The molecule has 0 unspecified atom stereocenters. The predicted octanol–water partition coefficient (Wildman–Crippen LogP) is 0.944. The predicted molar refractivity (Wildman–Crippen MR) is 73.6 cm³/mol. The van der Waals surface area contributed by atoms with Gasteiger partial charge in [-0.05, 0) is 24.3 Å². The molecular formula is C13H16N2O4S. The molecule has 0 atom stereocenters. The van der Waals surface area contributed by atoms with Crippen LogP contribution in [0.4, 0.5) is 0 Å². The highest BCUT2D eigenvalue weighted by Gasteiger charge is 2.33. The van der Waals surface area contributed by atoms with Crippen molar-refractivity contribution >= 4 is 29.1 Å². The lowest BCUT2D eigenvalue weighted by atomic mass is 10.3. The van der Waals surface area contributed by atoms with Gasteiger partial charge < -0.3 is 15.3 Å². The third-order valence-corrected chi connectivity index (χ3v) is 3.70. The number of amides is 2. The number of thiophene rings is 1. The molecule has 1 aliphatic rings. The maximum absolute atomic E-state index is 11.9. The Morgan fingerprint density at radius 1 is 1.40 bits per heavy atom. The van der Waals surface area contributed by atoms with Crippen molar-refractivity contribution in [2.24, 2.45) is 0 Å². The highest BCUT2D eigenvalue weighted by atomic mass is 32.1. The minimum absolute atomic E-state index is 0.0613. The number of rotatable bonds is 7. The number of nitrogens with zero attached hydrogens (tertiary/aromatic N) is 1. The Hall–Kier alpha value is -1.89. The van der Waals surface area contributed by atoms with Crippen molar-refractivity contribution in [1.82, 2.24) is 10.2 Å². The van der Waals surface area contributed by atoms with Gasteiger partial charge in [-0.3, -0.25) is 14.4 Å². The fourth-order valence-electron chi connectivity index (χ4n) is 1.88. The first kappa shape index (κ1) is 14.5. The fraction of sp³-hybridized carbons (Fsp3) is 0.462. The first-order valence-corrected chi connectivity index (χ1v) is 7.34. The number of nitrogens with one attached hydrogen (secondary N) is 1. The molecule has 1 fully saturated rings. The highest BCUT2D eigenvalue weighted by Crippen LogP contribution is 2.27. The van der Waals surface area contributed by atoms with E-state index in [1.165, 1.54) is 16.2 Å². The SMILES string of the molecule is O=C(O)CN(C(=O)CCNC(=O)c1ccsc1)C1CC1. The topological polar surface area (TPSA) is 86.7 Å². The second kappa shape index (κ2) is 6.51. The Bertz CT molecular complexity index is 496. The summed E-state index contributed by atoms with van der Waals surface area (Å²) < 4.78 is 0. The molecule has 108 valence electrons. The molecule has 1 aromatic rings. The molecule has 1 aliphatic carbocycles. The number of carboxylic acid groups (broad SMARTS) is 1. The summed E-state index contributed by atoms with van der Waals surface area (Å²) in [6, 6.07) is 1.77. The van der Waals surface area contributed by atoms with Crippen molar-refractivity contribution < 1.29 is 19.5 Å². The van der Waals surface area contributed by atoms with Gasteiger partial charge in [-0.2, -0.15) is 11.3 Å². The monoisotopic (exact) mass is 296 g/mol. The summed E-state index contributed by atoms with van der Waals surface area (Å²) >= 11 is 1.43. The van der Waals surface area contributed by atoms with Crippen LogP contribution in [0, 0.1) is 0 Å². The summed E-state index contributed by atoms with van der Waals surface area (Å²) in [5.74, 6) is -1.44. The number of carboxylic acids is 1. The molecule has 2 rings (SSSR count). The first-order chi connectivity index (χ1) is 9.58. The fourth-order valence-corrected chi connectivity index (χ4v) is 2.51. The van der Waals surface area contributed by atoms with E-state index < -0.39 is 5.97 Å². The van der Waals surface area contributed by atoms with Crippen LogP contribution >= 0.6 is 11.3 Å². The average Bonchev–Trinajstić information content (AvgIpc) is 3.08. The van der Waals surface area contributed by atoms with Crippen LogP contribution in [-0.4, -0.2) is 46.9 Å². The van der Waals surface area contributed by atoms with E-state index in [0.717, 1.165) is 12.8 Å². The lowest BCUT2D eigenvalue weighted by Crippen LogP contribution is -2.39. The Labute approximate surface area is 120 Å². The van der Waals surface area contributed by atoms with E-state index in [4.69, 9.17) is 5.11 Å². The molecule has 0 aliphatic heterocycles. The van der Waals surface area contributed by atoms with Gasteiger partial charge in [0.1, 0.15) is 6.54 Å². The van der Waals surface area contributed by atoms with E-state index in [0.29, 0.717) is 5.56 Å². The molecule has 0 spiro atoms. The van der Waals surface area contributed by atoms with Gasteiger partial charge in [0.25, 0.3) is 5.91 Å². The molecular weight excluding hydrogens is 280 g/mol. The molecule has 0 bridgehead atoms. The summed E-state index contributed by atoms with van der Waals surface area (Å²) in [6.45, 7) is -0.0433. The van der Waals surface area contributed by atoms with Gasteiger partial charge in [-0.1, -0.05) is 0 Å². The van der Waals surface area contributed by atoms with Crippen LogP contribution in [0.2, 0.25) is 0 Å². The van der Waals surface area contributed by atoms with E-state index in [1.807, 2.05) is 5.38 Å². The van der Waals surface area contributed by atoms with Crippen molar-refractivity contribution in [3.63, 3.8) is 0 Å². The molecule has 7 heteroatoms. The van der Waals surface area contributed by atoms with E-state index in [1.54, 1.807) is 11.4 Å². The summed E-state index contributed by atoms with van der Waals surface area (Å²) in [7, 11) is 0. The van der Waals surface area contributed by atoms with Crippen molar-refractivity contribution in [2.45, 2.75) is 25.3 Å². The molecule has 0 saturated heterocycles. The number of carbonyl (C=O) groups is 3. The van der Waals surface area contributed by atoms with Crippen LogP contribution in [0.1, 0.15) is 29.6 Å². The number of carbonyl (C=O) groups excluding carboxylic acids is 2. The Kier molecular flexibility index (Phi) is 4.73. The lowest BCUT2D eigenvalue weighted by Gasteiger charge is -2.20. The first-order valence-electron chi connectivity index (χ1n) is 6.39. The number of aliphatic carboxylic acids is 1. The molecule has 6 nitrogen and oxygen atoms in total. The third kappa shape index (κ3) is 4.06. The standard InChI is InChI=1S/C13H16N2O4S/c16-11(15(7-12(17)18)10-1-2-10)3-5-14-13(19)9-4-6-20-8-9/h4,6,8,10H,1-3,5,7H2,(H,14,19)(H,17,18). The molecule has 2 N–H and O–H groups in total. The van der Waals surface area contributed by atoms with Gasteiger partial charge in [0.15, 0.2) is 0 Å². The van der Waals surface area contributed by atoms with Crippen LogP contribution in [-0.2, 0) is 9.59 Å². The van der Waals surface area contributed by atoms with Crippen LogP contribution in [0.3, 0.4) is 0 Å². The van der Waals surface area contributed by atoms with Gasteiger partial charge in [0.2, 0.25) is 5.91 Å². The highest BCUT2D eigenvalue weighted by molar-refractivity contribution is 7.08. The van der Waals surface area contributed by atoms with E-state index in [2.05, 4.69) is 5.32 Å². The van der Waals surface area contributed by atoms with Crippen molar-refractivity contribution in [2.75, 3.05) is 13.1 Å². The lowest BCUT2D eigenvalue weighted by molar-refractivity contribution is -0.144.